The van der Waals surface area contributed by atoms with Gasteiger partial charge in [-0.25, -0.2) is 0 Å². The Balaban J connectivity index is 1.70. The minimum atomic E-state index is -1.65. The van der Waals surface area contributed by atoms with E-state index in [-0.39, 0.29) is 36.2 Å². The fourth-order valence-corrected chi connectivity index (χ4v) is 5.07. The van der Waals surface area contributed by atoms with Crippen molar-refractivity contribution in [2.75, 3.05) is 34.0 Å². The number of phenols is 2. The Morgan fingerprint density at radius 1 is 0.868 bits per heavy atom. The number of hydrogen-bond acceptors (Lipinski definition) is 12. The first kappa shape index (κ1) is 28.3. The standard InChI is InChI=1S/C26H34O12/c1-34-18-7-12(3-5-16(18)29)24-14(9-27)15(11-36-24)25(13-4-6-17(30)19(8-13)35-2)38-26-23(33)22(32)21(31)20(10-28)37-26/h3-8,14-15,20-33H,9-11H2,1-2H3/t14-,15+,20+,21+,22-,23+,24+,25+,26-/m0/s1. The highest BCUT2D eigenvalue weighted by molar-refractivity contribution is 5.44. The number of rotatable bonds is 9. The molecular weight excluding hydrogens is 504 g/mol. The number of benzene rings is 2. The molecule has 7 N–H and O–H groups in total. The van der Waals surface area contributed by atoms with Gasteiger partial charge < -0.3 is 59.4 Å². The molecule has 210 valence electrons. The summed E-state index contributed by atoms with van der Waals surface area (Å²) in [6.45, 7) is -0.842. The van der Waals surface area contributed by atoms with Crippen LogP contribution in [0, 0.1) is 11.8 Å². The van der Waals surface area contributed by atoms with Crippen LogP contribution in [-0.4, -0.2) is 100 Å². The average Bonchev–Trinajstić information content (AvgIpc) is 3.36. The normalized spacial score (nSPS) is 32.2. The SMILES string of the molecule is COc1cc([C@@H](O[C@@H]2O[C@H](CO)[C@@H](O)[C@H](O)[C@H]2O)[C@@H]2CO[C@H](c3ccc(O)c(OC)c3)[C@H]2CO)ccc1O. The van der Waals surface area contributed by atoms with Crippen molar-refractivity contribution >= 4 is 0 Å². The largest absolute Gasteiger partial charge is 0.504 e. The van der Waals surface area contributed by atoms with Gasteiger partial charge in [0.15, 0.2) is 29.3 Å². The molecule has 2 aliphatic heterocycles. The monoisotopic (exact) mass is 538 g/mol. The Bertz CT molecular complexity index is 1080. The predicted octanol–water partition coefficient (Wildman–Crippen LogP) is -0.0312. The zero-order chi connectivity index (χ0) is 27.6. The molecule has 2 heterocycles. The molecular formula is C26H34O12. The van der Waals surface area contributed by atoms with E-state index in [1.165, 1.54) is 32.4 Å². The van der Waals surface area contributed by atoms with Crippen LogP contribution in [0.1, 0.15) is 23.3 Å². The van der Waals surface area contributed by atoms with Gasteiger partial charge >= 0.3 is 0 Å². The lowest BCUT2D eigenvalue weighted by atomic mass is 9.82. The molecule has 0 saturated carbocycles. The molecule has 2 aromatic carbocycles. The number of hydrogen-bond donors (Lipinski definition) is 7. The Morgan fingerprint density at radius 3 is 2.16 bits per heavy atom. The zero-order valence-electron chi connectivity index (χ0n) is 21.0. The number of phenolic OH excluding ortho intramolecular Hbond substituents is 2. The lowest BCUT2D eigenvalue weighted by Gasteiger charge is -2.42. The molecule has 0 aliphatic carbocycles. The van der Waals surface area contributed by atoms with Crippen LogP contribution in [-0.2, 0) is 14.2 Å². The van der Waals surface area contributed by atoms with E-state index in [1.807, 2.05) is 0 Å². The molecule has 2 aliphatic rings. The van der Waals surface area contributed by atoms with Crippen LogP contribution in [0.15, 0.2) is 36.4 Å². The summed E-state index contributed by atoms with van der Waals surface area (Å²) in [6.07, 6.45) is -9.03. The van der Waals surface area contributed by atoms with Gasteiger partial charge in [-0.05, 0) is 35.4 Å². The van der Waals surface area contributed by atoms with E-state index in [0.29, 0.717) is 11.1 Å². The van der Waals surface area contributed by atoms with Crippen LogP contribution in [0.25, 0.3) is 0 Å². The van der Waals surface area contributed by atoms with Crippen molar-refractivity contribution in [3.8, 4) is 23.0 Å². The lowest BCUT2D eigenvalue weighted by Crippen LogP contribution is -2.59. The maximum Gasteiger partial charge on any atom is 0.187 e. The van der Waals surface area contributed by atoms with Gasteiger partial charge in [0.2, 0.25) is 0 Å². The maximum atomic E-state index is 10.6. The van der Waals surface area contributed by atoms with Gasteiger partial charge in [-0.15, -0.1) is 0 Å². The van der Waals surface area contributed by atoms with Crippen molar-refractivity contribution in [2.24, 2.45) is 11.8 Å². The maximum absolute atomic E-state index is 10.6. The molecule has 0 radical (unpaired) electrons. The van der Waals surface area contributed by atoms with E-state index in [2.05, 4.69) is 0 Å². The van der Waals surface area contributed by atoms with Gasteiger partial charge in [-0.2, -0.15) is 0 Å². The van der Waals surface area contributed by atoms with E-state index in [4.69, 9.17) is 23.7 Å². The summed E-state index contributed by atoms with van der Waals surface area (Å²) in [4.78, 5) is 0. The summed E-state index contributed by atoms with van der Waals surface area (Å²) < 4.78 is 28.3. The third kappa shape index (κ3) is 5.40. The van der Waals surface area contributed by atoms with Crippen molar-refractivity contribution in [1.82, 2.24) is 0 Å². The third-order valence-electron chi connectivity index (χ3n) is 7.20. The van der Waals surface area contributed by atoms with Gasteiger partial charge in [-0.1, -0.05) is 12.1 Å². The Labute approximate surface area is 219 Å². The number of methoxy groups -OCH3 is 2. The van der Waals surface area contributed by atoms with Gasteiger partial charge in [0, 0.05) is 18.4 Å². The molecule has 0 aromatic heterocycles. The van der Waals surface area contributed by atoms with Crippen LogP contribution in [0.2, 0.25) is 0 Å². The van der Waals surface area contributed by atoms with Crippen LogP contribution in [0.5, 0.6) is 23.0 Å². The molecule has 0 unspecified atom stereocenters. The Morgan fingerprint density at radius 2 is 1.53 bits per heavy atom. The summed E-state index contributed by atoms with van der Waals surface area (Å²) in [5.41, 5.74) is 1.14. The van der Waals surface area contributed by atoms with Crippen molar-refractivity contribution in [2.45, 2.75) is 42.9 Å². The van der Waals surface area contributed by atoms with E-state index < -0.39 is 61.4 Å². The van der Waals surface area contributed by atoms with Crippen LogP contribution in [0.4, 0.5) is 0 Å². The Kier molecular flexibility index (Phi) is 8.96. The fourth-order valence-electron chi connectivity index (χ4n) is 5.07. The van der Waals surface area contributed by atoms with Crippen LogP contribution in [0.3, 0.4) is 0 Å². The van der Waals surface area contributed by atoms with Crippen molar-refractivity contribution < 1.29 is 59.4 Å². The van der Waals surface area contributed by atoms with Crippen molar-refractivity contribution in [3.05, 3.63) is 47.5 Å². The third-order valence-corrected chi connectivity index (χ3v) is 7.20. The molecule has 2 fully saturated rings. The second kappa shape index (κ2) is 12.0. The fraction of sp³-hybridized carbons (Fsp3) is 0.538. The molecule has 38 heavy (non-hydrogen) atoms. The smallest absolute Gasteiger partial charge is 0.187 e. The predicted molar refractivity (Wildman–Crippen MR) is 130 cm³/mol. The van der Waals surface area contributed by atoms with E-state index >= 15 is 0 Å². The first-order valence-corrected chi connectivity index (χ1v) is 12.2. The van der Waals surface area contributed by atoms with Crippen LogP contribution >= 0.6 is 0 Å². The number of aliphatic hydroxyl groups is 5. The van der Waals surface area contributed by atoms with E-state index in [9.17, 15) is 35.7 Å². The molecule has 4 rings (SSSR count). The molecule has 0 amide bonds. The van der Waals surface area contributed by atoms with Gasteiger partial charge in [0.05, 0.1) is 39.6 Å². The molecule has 2 aromatic rings. The van der Waals surface area contributed by atoms with Crippen molar-refractivity contribution in [1.29, 1.82) is 0 Å². The first-order chi connectivity index (χ1) is 18.2. The summed E-state index contributed by atoms with van der Waals surface area (Å²) in [6, 6.07) is 9.26. The quantitative estimate of drug-likeness (QED) is 0.226. The van der Waals surface area contributed by atoms with Gasteiger partial charge in [-0.3, -0.25) is 0 Å². The minimum Gasteiger partial charge on any atom is -0.504 e. The average molecular weight is 539 g/mol. The summed E-state index contributed by atoms with van der Waals surface area (Å²) in [5, 5.41) is 71.2. The molecule has 2 saturated heterocycles. The lowest BCUT2D eigenvalue weighted by molar-refractivity contribution is -0.317. The summed E-state index contributed by atoms with van der Waals surface area (Å²) in [5.74, 6) is -0.845. The number of aliphatic hydroxyl groups excluding tert-OH is 5. The highest BCUT2D eigenvalue weighted by Crippen LogP contribution is 2.48. The van der Waals surface area contributed by atoms with Crippen molar-refractivity contribution in [3.63, 3.8) is 0 Å². The highest BCUT2D eigenvalue weighted by Gasteiger charge is 2.48. The second-order valence-electron chi connectivity index (χ2n) is 9.38. The number of ether oxygens (including phenoxy) is 5. The first-order valence-electron chi connectivity index (χ1n) is 12.2. The molecule has 9 atom stereocenters. The van der Waals surface area contributed by atoms with E-state index in [1.54, 1.807) is 18.2 Å². The van der Waals surface area contributed by atoms with Gasteiger partial charge in [0.1, 0.15) is 24.4 Å². The zero-order valence-corrected chi connectivity index (χ0v) is 21.0. The summed E-state index contributed by atoms with van der Waals surface area (Å²) in [7, 11) is 2.80. The molecule has 12 heteroatoms. The topological polar surface area (TPSA) is 188 Å². The van der Waals surface area contributed by atoms with E-state index in [0.717, 1.165) is 0 Å². The minimum absolute atomic E-state index is 0.0497. The van der Waals surface area contributed by atoms with Crippen LogP contribution < -0.4 is 9.47 Å². The Hall–Kier alpha value is -2.68. The second-order valence-corrected chi connectivity index (χ2v) is 9.38. The molecule has 0 spiro atoms. The number of aromatic hydroxyl groups is 2. The highest BCUT2D eigenvalue weighted by atomic mass is 16.7. The molecule has 0 bridgehead atoms. The molecule has 12 nitrogen and oxygen atoms in total. The van der Waals surface area contributed by atoms with Gasteiger partial charge in [0.25, 0.3) is 0 Å². The summed E-state index contributed by atoms with van der Waals surface area (Å²) >= 11 is 0.